The van der Waals surface area contributed by atoms with Gasteiger partial charge >= 0.3 is 6.18 Å². The van der Waals surface area contributed by atoms with Gasteiger partial charge in [0.25, 0.3) is 0 Å². The molecule has 1 aliphatic carbocycles. The molecule has 1 fully saturated rings. The monoisotopic (exact) mass is 740 g/mol. The second-order valence-electron chi connectivity index (χ2n) is 15.3. The molecule has 2 unspecified atom stereocenters. The Morgan fingerprint density at radius 2 is 1.84 bits per heavy atom. The molecule has 3 heterocycles. The second kappa shape index (κ2) is 11.3. The molecule has 0 radical (unpaired) electrons. The number of ether oxygens (including phenoxy) is 2. The van der Waals surface area contributed by atoms with Crippen LogP contribution in [0.15, 0.2) is 18.2 Å². The summed E-state index contributed by atoms with van der Waals surface area (Å²) < 4.78 is 61.7. The molecular formula is C34H44F3IN2O3Si. The average Bonchev–Trinajstić information content (AvgIpc) is 3.22. The largest absolute Gasteiger partial charge is 0.417 e. The molecule has 1 saturated heterocycles. The van der Waals surface area contributed by atoms with Gasteiger partial charge in [0.15, 0.2) is 8.32 Å². The van der Waals surface area contributed by atoms with E-state index in [0.29, 0.717) is 25.2 Å². The smallest absolute Gasteiger partial charge is 0.410 e. The van der Waals surface area contributed by atoms with E-state index in [1.165, 1.54) is 12.1 Å². The quantitative estimate of drug-likeness (QED) is 0.178. The van der Waals surface area contributed by atoms with Gasteiger partial charge in [-0.3, -0.25) is 4.98 Å². The van der Waals surface area contributed by atoms with Gasteiger partial charge in [0.05, 0.1) is 33.8 Å². The molecule has 44 heavy (non-hydrogen) atoms. The van der Waals surface area contributed by atoms with Crippen molar-refractivity contribution in [3.8, 4) is 6.07 Å². The molecule has 1 aromatic heterocycles. The molecule has 0 amide bonds. The van der Waals surface area contributed by atoms with Crippen molar-refractivity contribution in [3.05, 3.63) is 63.0 Å². The van der Waals surface area contributed by atoms with Crippen molar-refractivity contribution in [2.75, 3.05) is 13.2 Å². The van der Waals surface area contributed by atoms with E-state index < -0.39 is 37.3 Å². The number of benzene rings is 1. The number of pyridine rings is 1. The van der Waals surface area contributed by atoms with Crippen LogP contribution in [0.5, 0.6) is 0 Å². The first-order valence-corrected chi connectivity index (χ1v) is 19.6. The molecule has 2 aromatic rings. The number of hydrogen-bond acceptors (Lipinski definition) is 5. The summed E-state index contributed by atoms with van der Waals surface area (Å²) in [6.07, 6.45) is -3.24. The maximum absolute atomic E-state index is 13.8. The zero-order valence-electron chi connectivity index (χ0n) is 27.2. The maximum atomic E-state index is 13.8. The Hall–Kier alpha value is -1.52. The van der Waals surface area contributed by atoms with Crippen molar-refractivity contribution in [2.45, 2.75) is 120 Å². The Labute approximate surface area is 274 Å². The van der Waals surface area contributed by atoms with E-state index >= 15 is 0 Å². The van der Waals surface area contributed by atoms with Crippen LogP contribution in [-0.2, 0) is 32.1 Å². The summed E-state index contributed by atoms with van der Waals surface area (Å²) in [5.74, 6) is 0.0393. The van der Waals surface area contributed by atoms with Gasteiger partial charge in [0.1, 0.15) is 11.7 Å². The summed E-state index contributed by atoms with van der Waals surface area (Å²) in [7, 11) is -2.22. The number of rotatable bonds is 4. The van der Waals surface area contributed by atoms with Crippen LogP contribution in [0.3, 0.4) is 0 Å². The third-order valence-corrected chi connectivity index (χ3v) is 15.9. The molecule has 2 aliphatic heterocycles. The third kappa shape index (κ3) is 5.78. The zero-order valence-corrected chi connectivity index (χ0v) is 30.4. The summed E-state index contributed by atoms with van der Waals surface area (Å²) in [5.41, 5.74) is 3.48. The summed E-state index contributed by atoms with van der Waals surface area (Å²) >= 11 is 2.42. The molecule has 5 nitrogen and oxygen atoms in total. The van der Waals surface area contributed by atoms with Crippen LogP contribution < -0.4 is 0 Å². The Morgan fingerprint density at radius 1 is 1.16 bits per heavy atom. The van der Waals surface area contributed by atoms with Gasteiger partial charge in [0.2, 0.25) is 0 Å². The molecule has 0 bridgehead atoms. The van der Waals surface area contributed by atoms with Gasteiger partial charge in [-0.2, -0.15) is 18.4 Å². The number of alkyl halides is 4. The van der Waals surface area contributed by atoms with Crippen LogP contribution in [0, 0.1) is 16.7 Å². The highest BCUT2D eigenvalue weighted by Crippen LogP contribution is 2.60. The van der Waals surface area contributed by atoms with Crippen LogP contribution in [0.1, 0.15) is 124 Å². The molecule has 4 atom stereocenters. The van der Waals surface area contributed by atoms with E-state index in [0.717, 1.165) is 47.0 Å². The van der Waals surface area contributed by atoms with E-state index in [2.05, 4.69) is 84.2 Å². The van der Waals surface area contributed by atoms with Crippen molar-refractivity contribution < 1.29 is 27.1 Å². The normalized spacial score (nSPS) is 26.9. The highest BCUT2D eigenvalue weighted by molar-refractivity contribution is 14.1. The van der Waals surface area contributed by atoms with Gasteiger partial charge < -0.3 is 13.9 Å². The number of aromatic nitrogens is 1. The lowest BCUT2D eigenvalue weighted by Crippen LogP contribution is -2.47. The topological polar surface area (TPSA) is 64.4 Å². The highest BCUT2D eigenvalue weighted by Gasteiger charge is 2.57. The minimum absolute atomic E-state index is 0.00164. The van der Waals surface area contributed by atoms with Crippen molar-refractivity contribution >= 4 is 30.9 Å². The summed E-state index contributed by atoms with van der Waals surface area (Å²) in [6, 6.07) is 5.62. The Morgan fingerprint density at radius 3 is 2.41 bits per heavy atom. The average molecular weight is 741 g/mol. The fraction of sp³-hybridized carbons (Fsp3) is 0.647. The number of nitriles is 1. The van der Waals surface area contributed by atoms with Crippen molar-refractivity contribution in [2.24, 2.45) is 5.41 Å². The van der Waals surface area contributed by atoms with Gasteiger partial charge in [-0.05, 0) is 60.0 Å². The van der Waals surface area contributed by atoms with Crippen LogP contribution in [0.2, 0.25) is 18.1 Å². The molecule has 1 spiro atoms. The lowest BCUT2D eigenvalue weighted by atomic mass is 9.70. The van der Waals surface area contributed by atoms with Crippen molar-refractivity contribution in [1.82, 2.24) is 4.98 Å². The van der Waals surface area contributed by atoms with Crippen LogP contribution in [-0.4, -0.2) is 30.4 Å². The molecule has 0 N–H and O–H groups in total. The van der Waals surface area contributed by atoms with Crippen LogP contribution in [0.25, 0.3) is 0 Å². The lowest BCUT2D eigenvalue weighted by Gasteiger charge is -2.47. The predicted octanol–water partition coefficient (Wildman–Crippen LogP) is 9.67. The van der Waals surface area contributed by atoms with E-state index in [9.17, 15) is 18.4 Å². The number of fused-ring (bicyclic) bond motifs is 4. The third-order valence-electron chi connectivity index (χ3n) is 10.1. The van der Waals surface area contributed by atoms with Crippen LogP contribution >= 0.6 is 22.6 Å². The minimum Gasteiger partial charge on any atom is -0.410 e. The highest BCUT2D eigenvalue weighted by atomic mass is 127. The Bertz CT molecular complexity index is 1490. The van der Waals surface area contributed by atoms with Gasteiger partial charge in [0, 0.05) is 41.1 Å². The first kappa shape index (κ1) is 33.8. The van der Waals surface area contributed by atoms with Crippen molar-refractivity contribution in [1.29, 1.82) is 5.26 Å². The molecule has 1 aromatic carbocycles. The molecule has 5 rings (SSSR count). The van der Waals surface area contributed by atoms with E-state index in [1.807, 2.05) is 0 Å². The number of nitrogens with zero attached hydrogens (tertiary/aromatic N) is 2. The van der Waals surface area contributed by atoms with Gasteiger partial charge in [-0.25, -0.2) is 0 Å². The molecule has 240 valence electrons. The summed E-state index contributed by atoms with van der Waals surface area (Å²) in [6.45, 7) is 21.1. The minimum atomic E-state index is -4.63. The Balaban J connectivity index is 1.82. The number of halogens is 4. The maximum Gasteiger partial charge on any atom is 0.417 e. The van der Waals surface area contributed by atoms with E-state index in [-0.39, 0.29) is 26.4 Å². The molecular weight excluding hydrogens is 696 g/mol. The van der Waals surface area contributed by atoms with E-state index in [4.69, 9.17) is 18.9 Å². The predicted molar refractivity (Wildman–Crippen MR) is 175 cm³/mol. The van der Waals surface area contributed by atoms with Crippen molar-refractivity contribution in [3.63, 3.8) is 0 Å². The summed E-state index contributed by atoms with van der Waals surface area (Å²) in [4.78, 5) is 5.38. The molecule has 0 saturated carbocycles. The molecule has 3 aliphatic rings. The van der Waals surface area contributed by atoms with Crippen LogP contribution in [0.4, 0.5) is 13.2 Å². The first-order valence-electron chi connectivity index (χ1n) is 15.5. The fourth-order valence-electron chi connectivity index (χ4n) is 6.83. The standard InChI is InChI=1S/C34H44F3IN2O3Si/c1-19(2)29-27-28(26-23(40-29)15-32(6,7)16-24(26)43-44(8,9)31(3,4)5)33(12-13-41-18-25(33)38)42-30(27)20-10-11-22(34(35,36)37)21(14-20)17-39/h10-11,14,19,24-25,30H,12-13,15-16,18H2,1-9H3/t24-,25?,30+,33?/m0/s1. The SMILES string of the molecule is CC(C)c1nc2c(c3c1[C@@H](c1ccc(C(F)(F)F)c(C#N)c1)OC31CCOCC1I)[C@@H](O[Si](C)(C)C(C)(C)C)CC(C)(C)C2. The summed E-state index contributed by atoms with van der Waals surface area (Å²) in [5, 5.41) is 9.75. The van der Waals surface area contributed by atoms with E-state index in [1.54, 1.807) is 6.07 Å². The zero-order chi connectivity index (χ0) is 32.6. The van der Waals surface area contributed by atoms with Gasteiger partial charge in [-0.1, -0.05) is 77.1 Å². The number of hydrogen-bond donors (Lipinski definition) is 0. The second-order valence-corrected chi connectivity index (χ2v) is 21.6. The fourth-order valence-corrected chi connectivity index (χ4v) is 9.12. The molecule has 10 heteroatoms. The van der Waals surface area contributed by atoms with Gasteiger partial charge in [-0.15, -0.1) is 0 Å². The first-order chi connectivity index (χ1) is 20.2. The lowest BCUT2D eigenvalue weighted by molar-refractivity contribution is -0.137. The Kier molecular flexibility index (Phi) is 8.70.